The van der Waals surface area contributed by atoms with Crippen LogP contribution in [0.5, 0.6) is 0 Å². The molecule has 1 unspecified atom stereocenters. The number of hydrogen-bond acceptors (Lipinski definition) is 5. The molecule has 27 heavy (non-hydrogen) atoms. The van der Waals surface area contributed by atoms with Gasteiger partial charge in [0.05, 0.1) is 11.3 Å². The Kier molecular flexibility index (Phi) is 6.21. The highest BCUT2D eigenvalue weighted by Crippen LogP contribution is 2.45. The number of rotatable bonds is 8. The quantitative estimate of drug-likeness (QED) is 0.712. The molecule has 1 amide bonds. The molecule has 3 rings (SSSR count). The fourth-order valence-electron chi connectivity index (χ4n) is 3.92. The molecule has 1 fully saturated rings. The Bertz CT molecular complexity index is 785. The van der Waals surface area contributed by atoms with Gasteiger partial charge < -0.3 is 10.4 Å². The van der Waals surface area contributed by atoms with Crippen LogP contribution < -0.4 is 5.32 Å². The Morgan fingerprint density at radius 3 is 2.52 bits per heavy atom. The average molecular weight is 388 g/mol. The second-order valence-electron chi connectivity index (χ2n) is 7.33. The minimum Gasteiger partial charge on any atom is -0.481 e. The number of anilines is 1. The third kappa shape index (κ3) is 4.91. The SMILES string of the molecule is Cc1nnc(NC(=O)C2(CC(CCc3ccccc3)C(=O)O)CCCC2)s1. The lowest BCUT2D eigenvalue weighted by atomic mass is 9.75. The molecule has 1 saturated carbocycles. The fourth-order valence-corrected chi connectivity index (χ4v) is 4.51. The van der Waals surface area contributed by atoms with Crippen molar-refractivity contribution in [3.05, 3.63) is 40.9 Å². The summed E-state index contributed by atoms with van der Waals surface area (Å²) in [5.41, 5.74) is 0.497. The molecule has 2 aromatic rings. The van der Waals surface area contributed by atoms with Crippen molar-refractivity contribution in [2.45, 2.75) is 51.9 Å². The van der Waals surface area contributed by atoms with E-state index >= 15 is 0 Å². The summed E-state index contributed by atoms with van der Waals surface area (Å²) >= 11 is 1.34. The first kappa shape index (κ1) is 19.5. The monoisotopic (exact) mass is 387 g/mol. The Balaban J connectivity index is 1.70. The summed E-state index contributed by atoms with van der Waals surface area (Å²) in [7, 11) is 0. The maximum Gasteiger partial charge on any atom is 0.306 e. The van der Waals surface area contributed by atoms with Crippen LogP contribution in [-0.2, 0) is 16.0 Å². The van der Waals surface area contributed by atoms with Crippen LogP contribution in [0.2, 0.25) is 0 Å². The standard InChI is InChI=1S/C20H25N3O3S/c1-14-22-23-19(27-14)21-18(26)20(11-5-6-12-20)13-16(17(24)25)10-9-15-7-3-2-4-8-15/h2-4,7-8,16H,5-6,9-13H2,1H3,(H,24,25)(H,21,23,26). The third-order valence-corrected chi connectivity index (χ3v) is 6.15. The molecule has 2 N–H and O–H groups in total. The van der Waals surface area contributed by atoms with Gasteiger partial charge in [0, 0.05) is 0 Å². The highest BCUT2D eigenvalue weighted by atomic mass is 32.1. The van der Waals surface area contributed by atoms with Crippen LogP contribution in [0, 0.1) is 18.3 Å². The predicted octanol–water partition coefficient (Wildman–Crippen LogP) is 4.07. The Morgan fingerprint density at radius 1 is 1.22 bits per heavy atom. The van der Waals surface area contributed by atoms with E-state index in [1.54, 1.807) is 0 Å². The number of amides is 1. The van der Waals surface area contributed by atoms with Crippen molar-refractivity contribution >= 4 is 28.3 Å². The number of carbonyl (C=O) groups excluding carboxylic acids is 1. The molecule has 144 valence electrons. The number of aliphatic carboxylic acids is 1. The molecule has 1 atom stereocenters. The topological polar surface area (TPSA) is 92.2 Å². The van der Waals surface area contributed by atoms with Gasteiger partial charge in [0.1, 0.15) is 5.01 Å². The van der Waals surface area contributed by atoms with Gasteiger partial charge in [-0.2, -0.15) is 0 Å². The predicted molar refractivity (Wildman–Crippen MR) is 105 cm³/mol. The van der Waals surface area contributed by atoms with E-state index in [0.29, 0.717) is 24.4 Å². The summed E-state index contributed by atoms with van der Waals surface area (Å²) in [4.78, 5) is 24.9. The first-order valence-electron chi connectivity index (χ1n) is 9.37. The van der Waals surface area contributed by atoms with Crippen molar-refractivity contribution in [1.82, 2.24) is 10.2 Å². The number of nitrogens with zero attached hydrogens (tertiary/aromatic N) is 2. The van der Waals surface area contributed by atoms with Crippen molar-refractivity contribution in [2.24, 2.45) is 11.3 Å². The van der Waals surface area contributed by atoms with E-state index in [4.69, 9.17) is 0 Å². The fraction of sp³-hybridized carbons (Fsp3) is 0.500. The average Bonchev–Trinajstić information content (AvgIpc) is 3.29. The lowest BCUT2D eigenvalue weighted by Gasteiger charge is -2.30. The minimum atomic E-state index is -0.822. The van der Waals surface area contributed by atoms with Crippen LogP contribution in [-0.4, -0.2) is 27.2 Å². The molecule has 0 bridgehead atoms. The zero-order chi connectivity index (χ0) is 19.3. The number of benzene rings is 1. The zero-order valence-electron chi connectivity index (χ0n) is 15.5. The number of carbonyl (C=O) groups is 2. The highest BCUT2D eigenvalue weighted by Gasteiger charge is 2.44. The summed E-state index contributed by atoms with van der Waals surface area (Å²) in [5.74, 6) is -1.47. The van der Waals surface area contributed by atoms with E-state index in [0.717, 1.165) is 36.3 Å². The second kappa shape index (κ2) is 8.61. The molecule has 1 heterocycles. The van der Waals surface area contributed by atoms with Crippen molar-refractivity contribution in [3.63, 3.8) is 0 Å². The molecule has 0 saturated heterocycles. The van der Waals surface area contributed by atoms with E-state index in [9.17, 15) is 14.7 Å². The summed E-state index contributed by atoms with van der Waals surface area (Å²) in [5, 5.41) is 21.8. The van der Waals surface area contributed by atoms with Crippen molar-refractivity contribution < 1.29 is 14.7 Å². The van der Waals surface area contributed by atoms with Gasteiger partial charge in [-0.1, -0.05) is 54.5 Å². The highest BCUT2D eigenvalue weighted by molar-refractivity contribution is 7.15. The largest absolute Gasteiger partial charge is 0.481 e. The van der Waals surface area contributed by atoms with Gasteiger partial charge in [-0.05, 0) is 44.6 Å². The van der Waals surface area contributed by atoms with E-state index in [1.165, 1.54) is 11.3 Å². The molecule has 1 aromatic heterocycles. The van der Waals surface area contributed by atoms with Gasteiger partial charge in [-0.25, -0.2) is 0 Å². The van der Waals surface area contributed by atoms with Gasteiger partial charge in [-0.15, -0.1) is 10.2 Å². The number of aryl methyl sites for hydroxylation is 2. The Labute approximate surface area is 163 Å². The lowest BCUT2D eigenvalue weighted by molar-refractivity contribution is -0.144. The van der Waals surface area contributed by atoms with Crippen molar-refractivity contribution in [3.8, 4) is 0 Å². The molecule has 7 heteroatoms. The van der Waals surface area contributed by atoms with Crippen LogP contribution in [0.1, 0.15) is 49.1 Å². The zero-order valence-corrected chi connectivity index (χ0v) is 16.3. The number of carboxylic acids is 1. The molecular formula is C20H25N3O3S. The maximum atomic E-state index is 13.0. The number of carboxylic acid groups (broad SMARTS) is 1. The van der Waals surface area contributed by atoms with E-state index in [2.05, 4.69) is 15.5 Å². The van der Waals surface area contributed by atoms with Gasteiger partial charge >= 0.3 is 5.97 Å². The summed E-state index contributed by atoms with van der Waals surface area (Å²) in [6.07, 6.45) is 4.97. The Hall–Kier alpha value is -2.28. The summed E-state index contributed by atoms with van der Waals surface area (Å²) < 4.78 is 0. The van der Waals surface area contributed by atoms with E-state index in [-0.39, 0.29) is 5.91 Å². The molecule has 1 aromatic carbocycles. The van der Waals surface area contributed by atoms with Crippen LogP contribution in [0.4, 0.5) is 5.13 Å². The molecule has 0 spiro atoms. The minimum absolute atomic E-state index is 0.109. The number of hydrogen-bond donors (Lipinski definition) is 2. The van der Waals surface area contributed by atoms with Crippen molar-refractivity contribution in [1.29, 1.82) is 0 Å². The van der Waals surface area contributed by atoms with E-state index in [1.807, 2.05) is 37.3 Å². The molecular weight excluding hydrogens is 362 g/mol. The maximum absolute atomic E-state index is 13.0. The Morgan fingerprint density at radius 2 is 1.93 bits per heavy atom. The van der Waals surface area contributed by atoms with Gasteiger partial charge in [-0.3, -0.25) is 9.59 Å². The first-order chi connectivity index (χ1) is 13.0. The number of aromatic nitrogens is 2. The van der Waals surface area contributed by atoms with E-state index < -0.39 is 17.3 Å². The normalized spacial score (nSPS) is 16.8. The van der Waals surface area contributed by atoms with Crippen LogP contribution >= 0.6 is 11.3 Å². The van der Waals surface area contributed by atoms with Crippen LogP contribution in [0.15, 0.2) is 30.3 Å². The van der Waals surface area contributed by atoms with Crippen LogP contribution in [0.25, 0.3) is 0 Å². The summed E-state index contributed by atoms with van der Waals surface area (Å²) in [6, 6.07) is 9.89. The number of nitrogens with one attached hydrogen (secondary N) is 1. The van der Waals surface area contributed by atoms with Gasteiger partial charge in [0.15, 0.2) is 0 Å². The van der Waals surface area contributed by atoms with Gasteiger partial charge in [0.25, 0.3) is 0 Å². The summed E-state index contributed by atoms with van der Waals surface area (Å²) in [6.45, 7) is 1.84. The molecule has 0 radical (unpaired) electrons. The molecule has 1 aliphatic rings. The first-order valence-corrected chi connectivity index (χ1v) is 10.2. The smallest absolute Gasteiger partial charge is 0.306 e. The van der Waals surface area contributed by atoms with Crippen molar-refractivity contribution in [2.75, 3.05) is 5.32 Å². The second-order valence-corrected chi connectivity index (χ2v) is 8.51. The molecule has 0 aliphatic heterocycles. The third-order valence-electron chi connectivity index (χ3n) is 5.40. The van der Waals surface area contributed by atoms with Gasteiger partial charge in [0.2, 0.25) is 11.0 Å². The van der Waals surface area contributed by atoms with Crippen LogP contribution in [0.3, 0.4) is 0 Å². The molecule has 6 nitrogen and oxygen atoms in total. The molecule has 1 aliphatic carbocycles. The lowest BCUT2D eigenvalue weighted by Crippen LogP contribution is -2.37.